The molecule has 0 atom stereocenters. The molecule has 0 unspecified atom stereocenters. The van der Waals surface area contributed by atoms with Crippen LogP contribution in [0.3, 0.4) is 0 Å². The second-order valence-electron chi connectivity index (χ2n) is 5.55. The minimum Gasteiger partial charge on any atom is -0.380 e. The second kappa shape index (κ2) is 7.19. The molecule has 1 heterocycles. The molecule has 7 heteroatoms. The molecule has 0 amide bonds. The van der Waals surface area contributed by atoms with Crippen molar-refractivity contribution in [3.63, 3.8) is 0 Å². The zero-order chi connectivity index (χ0) is 15.5. The van der Waals surface area contributed by atoms with Crippen molar-refractivity contribution in [2.75, 3.05) is 33.9 Å². The first kappa shape index (κ1) is 16.9. The third-order valence-corrected chi connectivity index (χ3v) is 6.92. The van der Waals surface area contributed by atoms with Crippen molar-refractivity contribution >= 4 is 21.4 Å². The van der Waals surface area contributed by atoms with Crippen LogP contribution < -0.4 is 5.32 Å². The lowest BCUT2D eigenvalue weighted by molar-refractivity contribution is 0.117. The quantitative estimate of drug-likeness (QED) is 0.701. The molecule has 2 rings (SSSR count). The van der Waals surface area contributed by atoms with E-state index >= 15 is 0 Å². The fourth-order valence-electron chi connectivity index (χ4n) is 2.12. The molecule has 0 radical (unpaired) electrons. The van der Waals surface area contributed by atoms with Gasteiger partial charge in [-0.05, 0) is 43.7 Å². The van der Waals surface area contributed by atoms with E-state index in [1.54, 1.807) is 7.05 Å². The van der Waals surface area contributed by atoms with Crippen LogP contribution >= 0.6 is 11.3 Å². The van der Waals surface area contributed by atoms with Gasteiger partial charge in [0.05, 0.1) is 6.61 Å². The summed E-state index contributed by atoms with van der Waals surface area (Å²) in [5.41, 5.74) is 0.816. The molecular weight excluding hydrogens is 308 g/mol. The molecular formula is C14H24N2O3S2. The SMILES string of the molecule is CNCc1scc(C)c1S(=O)(=O)N(C)CCOCC1CC1. The topological polar surface area (TPSA) is 58.6 Å². The van der Waals surface area contributed by atoms with Gasteiger partial charge in [-0.3, -0.25) is 0 Å². The fourth-order valence-corrected chi connectivity index (χ4v) is 5.04. The summed E-state index contributed by atoms with van der Waals surface area (Å²) in [6, 6.07) is 0. The summed E-state index contributed by atoms with van der Waals surface area (Å²) < 4.78 is 32.3. The third-order valence-electron chi connectivity index (χ3n) is 3.60. The van der Waals surface area contributed by atoms with E-state index in [-0.39, 0.29) is 0 Å². The number of hydrogen-bond acceptors (Lipinski definition) is 5. The normalized spacial score (nSPS) is 15.8. The van der Waals surface area contributed by atoms with Gasteiger partial charge in [-0.1, -0.05) is 0 Å². The Morgan fingerprint density at radius 2 is 2.19 bits per heavy atom. The van der Waals surface area contributed by atoms with Crippen LogP contribution in [0.1, 0.15) is 23.3 Å². The molecule has 1 aromatic heterocycles. The molecule has 1 saturated carbocycles. The first-order valence-electron chi connectivity index (χ1n) is 7.22. The smallest absolute Gasteiger partial charge is 0.244 e. The summed E-state index contributed by atoms with van der Waals surface area (Å²) in [7, 11) is 0.000927. The van der Waals surface area contributed by atoms with E-state index in [2.05, 4.69) is 5.32 Å². The van der Waals surface area contributed by atoms with Crippen LogP contribution in [0.4, 0.5) is 0 Å². The number of sulfonamides is 1. The maximum Gasteiger partial charge on any atom is 0.244 e. The van der Waals surface area contributed by atoms with E-state index in [9.17, 15) is 8.42 Å². The molecule has 0 aliphatic heterocycles. The Balaban J connectivity index is 1.99. The van der Waals surface area contributed by atoms with E-state index in [0.717, 1.165) is 17.0 Å². The standard InChI is InChI=1S/C14H24N2O3S2/c1-11-10-20-13(8-15-2)14(11)21(17,18)16(3)6-7-19-9-12-4-5-12/h10,12,15H,4-9H2,1-3H3. The number of ether oxygens (including phenoxy) is 1. The molecule has 1 fully saturated rings. The average molecular weight is 332 g/mol. The molecule has 0 spiro atoms. The summed E-state index contributed by atoms with van der Waals surface area (Å²) in [5.74, 6) is 0.702. The highest BCUT2D eigenvalue weighted by molar-refractivity contribution is 7.89. The molecule has 0 bridgehead atoms. The van der Waals surface area contributed by atoms with Gasteiger partial charge >= 0.3 is 0 Å². The predicted octanol–water partition coefficient (Wildman–Crippen LogP) is 1.82. The zero-order valence-electron chi connectivity index (χ0n) is 12.9. The van der Waals surface area contributed by atoms with Crippen LogP contribution in [0, 0.1) is 12.8 Å². The molecule has 120 valence electrons. The van der Waals surface area contributed by atoms with Gasteiger partial charge in [0, 0.05) is 31.6 Å². The van der Waals surface area contributed by atoms with E-state index < -0.39 is 10.0 Å². The number of rotatable bonds is 9. The Morgan fingerprint density at radius 1 is 1.48 bits per heavy atom. The first-order valence-corrected chi connectivity index (χ1v) is 9.54. The lowest BCUT2D eigenvalue weighted by Crippen LogP contribution is -2.31. The van der Waals surface area contributed by atoms with E-state index in [1.165, 1.54) is 28.5 Å². The van der Waals surface area contributed by atoms with Gasteiger partial charge in [0.2, 0.25) is 10.0 Å². The van der Waals surface area contributed by atoms with Crippen LogP contribution in [0.15, 0.2) is 10.3 Å². The number of nitrogens with one attached hydrogen (secondary N) is 1. The third kappa shape index (κ3) is 4.26. The molecule has 0 saturated heterocycles. The van der Waals surface area contributed by atoms with E-state index in [4.69, 9.17) is 4.74 Å². The number of hydrogen-bond donors (Lipinski definition) is 1. The number of likely N-dealkylation sites (N-methyl/N-ethyl adjacent to an activating group) is 1. The Labute approximate surface area is 131 Å². The monoisotopic (exact) mass is 332 g/mol. The summed E-state index contributed by atoms with van der Waals surface area (Å²) >= 11 is 1.49. The van der Waals surface area contributed by atoms with Crippen molar-refractivity contribution in [1.82, 2.24) is 9.62 Å². The molecule has 1 aromatic rings. The Kier molecular flexibility index (Phi) is 5.79. The minimum absolute atomic E-state index is 0.392. The summed E-state index contributed by atoms with van der Waals surface area (Å²) in [5, 5.41) is 4.92. The van der Waals surface area contributed by atoms with Crippen LogP contribution in [-0.2, 0) is 21.3 Å². The fraction of sp³-hybridized carbons (Fsp3) is 0.714. The van der Waals surface area contributed by atoms with Crippen LogP contribution in [0.25, 0.3) is 0 Å². The highest BCUT2D eigenvalue weighted by Crippen LogP contribution is 2.30. The maximum absolute atomic E-state index is 12.7. The van der Waals surface area contributed by atoms with Crippen molar-refractivity contribution in [1.29, 1.82) is 0 Å². The van der Waals surface area contributed by atoms with Crippen molar-refractivity contribution in [2.45, 2.75) is 31.2 Å². The molecule has 0 aromatic carbocycles. The van der Waals surface area contributed by atoms with Gasteiger partial charge in [-0.25, -0.2) is 8.42 Å². The Morgan fingerprint density at radius 3 is 2.81 bits per heavy atom. The highest BCUT2D eigenvalue weighted by Gasteiger charge is 2.27. The average Bonchev–Trinajstić information content (AvgIpc) is 3.18. The number of aryl methyl sites for hydroxylation is 1. The van der Waals surface area contributed by atoms with Gasteiger partial charge in [0.15, 0.2) is 0 Å². The summed E-state index contributed by atoms with van der Waals surface area (Å²) in [6.45, 7) is 4.02. The zero-order valence-corrected chi connectivity index (χ0v) is 14.5. The Hall–Kier alpha value is -0.470. The lowest BCUT2D eigenvalue weighted by Gasteiger charge is -2.18. The molecule has 1 aliphatic carbocycles. The second-order valence-corrected chi connectivity index (χ2v) is 8.49. The van der Waals surface area contributed by atoms with Crippen molar-refractivity contribution in [2.24, 2.45) is 5.92 Å². The molecule has 5 nitrogen and oxygen atoms in total. The largest absolute Gasteiger partial charge is 0.380 e. The summed E-state index contributed by atoms with van der Waals surface area (Å²) in [4.78, 5) is 1.31. The van der Waals surface area contributed by atoms with Gasteiger partial charge in [-0.15, -0.1) is 11.3 Å². The minimum atomic E-state index is -3.44. The van der Waals surface area contributed by atoms with Gasteiger partial charge < -0.3 is 10.1 Å². The van der Waals surface area contributed by atoms with E-state index in [0.29, 0.717) is 30.5 Å². The van der Waals surface area contributed by atoms with Crippen LogP contribution in [0.2, 0.25) is 0 Å². The maximum atomic E-state index is 12.7. The number of nitrogens with zero attached hydrogens (tertiary/aromatic N) is 1. The Bertz CT molecular complexity index is 565. The van der Waals surface area contributed by atoms with Crippen LogP contribution in [-0.4, -0.2) is 46.6 Å². The van der Waals surface area contributed by atoms with Gasteiger partial charge in [0.25, 0.3) is 0 Å². The van der Waals surface area contributed by atoms with E-state index in [1.807, 2.05) is 19.4 Å². The summed E-state index contributed by atoms with van der Waals surface area (Å²) in [6.07, 6.45) is 2.49. The lowest BCUT2D eigenvalue weighted by atomic mass is 10.3. The number of thiophene rings is 1. The van der Waals surface area contributed by atoms with Gasteiger partial charge in [-0.2, -0.15) is 4.31 Å². The predicted molar refractivity (Wildman–Crippen MR) is 85.2 cm³/mol. The van der Waals surface area contributed by atoms with Crippen LogP contribution in [0.5, 0.6) is 0 Å². The molecule has 1 N–H and O–H groups in total. The molecule has 21 heavy (non-hydrogen) atoms. The van der Waals surface area contributed by atoms with Gasteiger partial charge in [0.1, 0.15) is 4.90 Å². The first-order chi connectivity index (χ1) is 9.96. The van der Waals surface area contributed by atoms with Crippen molar-refractivity contribution in [3.8, 4) is 0 Å². The highest BCUT2D eigenvalue weighted by atomic mass is 32.2. The van der Waals surface area contributed by atoms with Crippen molar-refractivity contribution < 1.29 is 13.2 Å². The van der Waals surface area contributed by atoms with Crippen molar-refractivity contribution in [3.05, 3.63) is 15.8 Å². The molecule has 1 aliphatic rings.